The molecule has 1 N–H and O–H groups in total. The largest absolute Gasteiger partial charge is 0.497 e. The van der Waals surface area contributed by atoms with Gasteiger partial charge in [0.1, 0.15) is 5.75 Å². The molecule has 2 rings (SSSR count). The molecular weight excluding hydrogens is 252 g/mol. The van der Waals surface area contributed by atoms with E-state index in [0.29, 0.717) is 17.6 Å². The van der Waals surface area contributed by atoms with E-state index in [1.165, 1.54) is 0 Å². The third-order valence-electron chi connectivity index (χ3n) is 3.95. The molecule has 0 bridgehead atoms. The van der Waals surface area contributed by atoms with Crippen LogP contribution in [-0.4, -0.2) is 43.1 Å². The lowest BCUT2D eigenvalue weighted by atomic mass is 10.0. The van der Waals surface area contributed by atoms with Crippen molar-refractivity contribution in [3.05, 3.63) is 29.8 Å². The molecule has 4 nitrogen and oxygen atoms in total. The zero-order valence-electron chi connectivity index (χ0n) is 12.6. The van der Waals surface area contributed by atoms with Crippen molar-refractivity contribution < 1.29 is 9.53 Å². The summed E-state index contributed by atoms with van der Waals surface area (Å²) in [4.78, 5) is 14.6. The fourth-order valence-corrected chi connectivity index (χ4v) is 2.57. The number of ether oxygens (including phenoxy) is 1. The highest BCUT2D eigenvalue weighted by molar-refractivity contribution is 5.94. The summed E-state index contributed by atoms with van der Waals surface area (Å²) in [5.41, 5.74) is 0.692. The van der Waals surface area contributed by atoms with Gasteiger partial charge in [-0.05, 0) is 51.0 Å². The van der Waals surface area contributed by atoms with Crippen molar-refractivity contribution in [1.29, 1.82) is 0 Å². The molecule has 0 spiro atoms. The van der Waals surface area contributed by atoms with Gasteiger partial charge < -0.3 is 15.0 Å². The van der Waals surface area contributed by atoms with Crippen LogP contribution in [0.4, 0.5) is 0 Å². The van der Waals surface area contributed by atoms with Gasteiger partial charge in [0.2, 0.25) is 0 Å². The maximum atomic E-state index is 12.2. The lowest BCUT2D eigenvalue weighted by molar-refractivity contribution is 0.0900. The van der Waals surface area contributed by atoms with Crippen molar-refractivity contribution in [2.45, 2.75) is 38.8 Å². The van der Waals surface area contributed by atoms with Crippen molar-refractivity contribution in [1.82, 2.24) is 10.2 Å². The lowest BCUT2D eigenvalue weighted by Gasteiger charge is -2.34. The van der Waals surface area contributed by atoms with Gasteiger partial charge >= 0.3 is 0 Å². The molecule has 0 aliphatic carbocycles. The van der Waals surface area contributed by atoms with Gasteiger partial charge in [-0.25, -0.2) is 0 Å². The number of likely N-dealkylation sites (tertiary alicyclic amines) is 1. The van der Waals surface area contributed by atoms with Gasteiger partial charge in [-0.15, -0.1) is 0 Å². The summed E-state index contributed by atoms with van der Waals surface area (Å²) in [6, 6.07) is 8.12. The number of benzene rings is 1. The van der Waals surface area contributed by atoms with Crippen molar-refractivity contribution in [2.24, 2.45) is 0 Å². The molecule has 0 saturated carbocycles. The standard InChI is InChI=1S/C16H24N2O2/c1-12(2)18-10-8-14(9-11-18)17-16(19)13-4-6-15(20-3)7-5-13/h4-7,12,14H,8-11H2,1-3H3,(H,17,19). The molecule has 1 aromatic rings. The van der Waals surface area contributed by atoms with Gasteiger partial charge in [0.05, 0.1) is 7.11 Å². The maximum Gasteiger partial charge on any atom is 0.251 e. The Labute approximate surface area is 121 Å². The van der Waals surface area contributed by atoms with Crippen LogP contribution in [0, 0.1) is 0 Å². The van der Waals surface area contributed by atoms with Crippen LogP contribution in [0.15, 0.2) is 24.3 Å². The summed E-state index contributed by atoms with van der Waals surface area (Å²) < 4.78 is 5.10. The molecule has 1 saturated heterocycles. The van der Waals surface area contributed by atoms with Crippen LogP contribution in [0.5, 0.6) is 5.75 Å². The van der Waals surface area contributed by atoms with Gasteiger partial charge in [-0.2, -0.15) is 0 Å². The fraction of sp³-hybridized carbons (Fsp3) is 0.562. The van der Waals surface area contributed by atoms with Crippen LogP contribution in [0.1, 0.15) is 37.0 Å². The normalized spacial score (nSPS) is 17.2. The number of amides is 1. The third-order valence-corrected chi connectivity index (χ3v) is 3.95. The summed E-state index contributed by atoms with van der Waals surface area (Å²) in [7, 11) is 1.62. The number of piperidine rings is 1. The summed E-state index contributed by atoms with van der Waals surface area (Å²) in [6.07, 6.45) is 2.06. The average Bonchev–Trinajstić information content (AvgIpc) is 2.48. The molecule has 110 valence electrons. The van der Waals surface area contributed by atoms with E-state index in [9.17, 15) is 4.79 Å². The second kappa shape index (κ2) is 6.75. The highest BCUT2D eigenvalue weighted by Crippen LogP contribution is 2.15. The number of carbonyl (C=O) groups excluding carboxylic acids is 1. The number of methoxy groups -OCH3 is 1. The van der Waals surface area contributed by atoms with E-state index >= 15 is 0 Å². The minimum atomic E-state index is 0.00986. The Hall–Kier alpha value is -1.55. The molecule has 0 radical (unpaired) electrons. The summed E-state index contributed by atoms with van der Waals surface area (Å²) in [5, 5.41) is 3.13. The van der Waals surface area contributed by atoms with E-state index in [1.807, 2.05) is 12.1 Å². The monoisotopic (exact) mass is 276 g/mol. The lowest BCUT2D eigenvalue weighted by Crippen LogP contribution is -2.46. The Morgan fingerprint density at radius 2 is 1.85 bits per heavy atom. The first-order chi connectivity index (χ1) is 9.60. The number of hydrogen-bond acceptors (Lipinski definition) is 3. The first-order valence-electron chi connectivity index (χ1n) is 7.29. The number of nitrogens with one attached hydrogen (secondary N) is 1. The molecule has 1 amide bonds. The second-order valence-electron chi connectivity index (χ2n) is 5.61. The van der Waals surface area contributed by atoms with E-state index in [0.717, 1.165) is 31.7 Å². The van der Waals surface area contributed by atoms with E-state index in [-0.39, 0.29) is 5.91 Å². The van der Waals surface area contributed by atoms with E-state index in [1.54, 1.807) is 19.2 Å². The van der Waals surface area contributed by atoms with Crippen molar-refractivity contribution >= 4 is 5.91 Å². The van der Waals surface area contributed by atoms with E-state index < -0.39 is 0 Å². The number of carbonyl (C=O) groups is 1. The van der Waals surface area contributed by atoms with Gasteiger partial charge in [0.25, 0.3) is 5.91 Å². The van der Waals surface area contributed by atoms with Crippen LogP contribution in [0.3, 0.4) is 0 Å². The minimum Gasteiger partial charge on any atom is -0.497 e. The number of nitrogens with zero attached hydrogens (tertiary/aromatic N) is 1. The molecule has 0 unspecified atom stereocenters. The molecule has 0 aromatic heterocycles. The molecule has 1 aliphatic rings. The Balaban J connectivity index is 1.85. The Bertz CT molecular complexity index is 434. The molecule has 4 heteroatoms. The first kappa shape index (κ1) is 14.9. The minimum absolute atomic E-state index is 0.00986. The molecule has 0 atom stereocenters. The van der Waals surface area contributed by atoms with Crippen molar-refractivity contribution in [3.63, 3.8) is 0 Å². The molecular formula is C16H24N2O2. The number of rotatable bonds is 4. The van der Waals surface area contributed by atoms with Gasteiger partial charge in [0, 0.05) is 30.7 Å². The smallest absolute Gasteiger partial charge is 0.251 e. The average molecular weight is 276 g/mol. The molecule has 1 aromatic carbocycles. The van der Waals surface area contributed by atoms with Gasteiger partial charge in [0.15, 0.2) is 0 Å². The Morgan fingerprint density at radius 1 is 1.25 bits per heavy atom. The van der Waals surface area contributed by atoms with Crippen LogP contribution in [-0.2, 0) is 0 Å². The fourth-order valence-electron chi connectivity index (χ4n) is 2.57. The molecule has 1 aliphatic heterocycles. The summed E-state index contributed by atoms with van der Waals surface area (Å²) >= 11 is 0. The molecule has 1 fully saturated rings. The van der Waals surface area contributed by atoms with Crippen LogP contribution >= 0.6 is 0 Å². The quantitative estimate of drug-likeness (QED) is 0.917. The molecule has 1 heterocycles. The Morgan fingerprint density at radius 3 is 2.35 bits per heavy atom. The maximum absolute atomic E-state index is 12.2. The second-order valence-corrected chi connectivity index (χ2v) is 5.61. The predicted octanol–water partition coefficient (Wildman–Crippen LogP) is 2.30. The zero-order chi connectivity index (χ0) is 14.5. The van der Waals surface area contributed by atoms with Crippen molar-refractivity contribution in [3.8, 4) is 5.75 Å². The topological polar surface area (TPSA) is 41.6 Å². The molecule has 20 heavy (non-hydrogen) atoms. The van der Waals surface area contributed by atoms with Crippen molar-refractivity contribution in [2.75, 3.05) is 20.2 Å². The summed E-state index contributed by atoms with van der Waals surface area (Å²) in [5.74, 6) is 0.780. The van der Waals surface area contributed by atoms with E-state index in [2.05, 4.69) is 24.1 Å². The van der Waals surface area contributed by atoms with Crippen LogP contribution in [0.25, 0.3) is 0 Å². The predicted molar refractivity (Wildman–Crippen MR) is 80.2 cm³/mol. The van der Waals surface area contributed by atoms with Gasteiger partial charge in [-0.1, -0.05) is 0 Å². The Kier molecular flexibility index (Phi) is 5.01. The summed E-state index contributed by atoms with van der Waals surface area (Å²) in [6.45, 7) is 6.56. The zero-order valence-corrected chi connectivity index (χ0v) is 12.6. The van der Waals surface area contributed by atoms with Crippen LogP contribution < -0.4 is 10.1 Å². The van der Waals surface area contributed by atoms with Gasteiger partial charge in [-0.3, -0.25) is 4.79 Å². The van der Waals surface area contributed by atoms with E-state index in [4.69, 9.17) is 4.74 Å². The van der Waals surface area contributed by atoms with Crippen LogP contribution in [0.2, 0.25) is 0 Å². The highest BCUT2D eigenvalue weighted by Gasteiger charge is 2.22. The number of hydrogen-bond donors (Lipinski definition) is 1. The third kappa shape index (κ3) is 3.73. The first-order valence-corrected chi connectivity index (χ1v) is 7.29. The highest BCUT2D eigenvalue weighted by atomic mass is 16.5. The SMILES string of the molecule is COc1ccc(C(=O)NC2CCN(C(C)C)CC2)cc1.